The number of aromatic amines is 1. The smallest absolute Gasteiger partial charge is 0.181 e. The van der Waals surface area contributed by atoms with Crippen LogP contribution in [0.5, 0.6) is 0 Å². The van der Waals surface area contributed by atoms with Gasteiger partial charge in [-0.2, -0.15) is 5.10 Å². The van der Waals surface area contributed by atoms with E-state index in [2.05, 4.69) is 27.1 Å². The van der Waals surface area contributed by atoms with Crippen LogP contribution < -0.4 is 0 Å². The quantitative estimate of drug-likeness (QED) is 0.359. The highest BCUT2D eigenvalue weighted by Gasteiger charge is 2.42. The molecule has 4 saturated carbocycles. The molecule has 4 heterocycles. The summed E-state index contributed by atoms with van der Waals surface area (Å²) in [5.74, 6) is 3.32. The molecule has 0 aromatic carbocycles. The van der Waals surface area contributed by atoms with Crippen LogP contribution in [0.3, 0.4) is 0 Å². The van der Waals surface area contributed by atoms with Crippen molar-refractivity contribution in [2.75, 3.05) is 0 Å². The van der Waals surface area contributed by atoms with E-state index in [0.29, 0.717) is 64.2 Å². The maximum atomic E-state index is 16.0. The van der Waals surface area contributed by atoms with E-state index in [9.17, 15) is 4.39 Å². The monoisotopic (exact) mass is 475 g/mol. The molecule has 0 amide bonds. The number of hydrogen-bond acceptors (Lipinski definition) is 5. The highest BCUT2D eigenvalue weighted by atomic mass is 19.1. The maximum absolute atomic E-state index is 16.0. The molecule has 2 bridgehead atoms. The molecule has 6 nitrogen and oxygen atoms in total. The number of nitrogens with one attached hydrogen (secondary N) is 1. The number of rotatable bonds is 5. The molecule has 0 radical (unpaired) electrons. The van der Waals surface area contributed by atoms with E-state index in [1.54, 1.807) is 6.07 Å². The zero-order valence-electron chi connectivity index (χ0n) is 19.6. The summed E-state index contributed by atoms with van der Waals surface area (Å²) in [6.07, 6.45) is 8.85. The van der Waals surface area contributed by atoms with Gasteiger partial charge in [-0.05, 0) is 86.8 Å². The Hall–Kier alpha value is -3.16. The third kappa shape index (κ3) is 3.56. The van der Waals surface area contributed by atoms with Crippen molar-refractivity contribution in [3.8, 4) is 23.0 Å². The molecule has 8 rings (SSSR count). The highest BCUT2D eigenvalue weighted by Crippen LogP contribution is 2.50. The molecule has 35 heavy (non-hydrogen) atoms. The fourth-order valence-electron chi connectivity index (χ4n) is 6.47. The Morgan fingerprint density at radius 2 is 1.83 bits per heavy atom. The first-order valence-electron chi connectivity index (χ1n) is 12.7. The summed E-state index contributed by atoms with van der Waals surface area (Å²) in [6.45, 7) is 2.31. The number of fused-ring (bicyclic) bond motifs is 4. The van der Waals surface area contributed by atoms with Gasteiger partial charge < -0.3 is 4.42 Å². The molecule has 4 fully saturated rings. The lowest BCUT2D eigenvalue weighted by molar-refractivity contribution is 0.0334. The molecule has 4 aliphatic rings. The van der Waals surface area contributed by atoms with Crippen molar-refractivity contribution in [3.63, 3.8) is 0 Å². The van der Waals surface area contributed by atoms with Gasteiger partial charge in [-0.3, -0.25) is 5.10 Å². The van der Waals surface area contributed by atoms with Crippen LogP contribution in [-0.4, -0.2) is 25.1 Å². The van der Waals surface area contributed by atoms with Gasteiger partial charge in [-0.25, -0.2) is 23.7 Å². The molecular weight excluding hydrogens is 448 g/mol. The standard InChI is InChI=1S/C27H27F2N5O/c1-13-14-2-4-15(5-3-14)18(13)11-20-23(29)25(22-9-8-21(35-22)16-6-7-16)32-27(31-20)24-19-10-17(28)12-30-26(19)34-33-24/h8-10,12-16,18H,2-7,11H2,1H3,(H,30,33,34). The van der Waals surface area contributed by atoms with Crippen LogP contribution in [0.1, 0.15) is 62.8 Å². The van der Waals surface area contributed by atoms with Gasteiger partial charge in [-0.1, -0.05) is 6.92 Å². The van der Waals surface area contributed by atoms with Crippen LogP contribution in [0, 0.1) is 35.3 Å². The molecule has 0 spiro atoms. The minimum Gasteiger partial charge on any atom is -0.459 e. The van der Waals surface area contributed by atoms with Crippen LogP contribution in [0.15, 0.2) is 28.8 Å². The van der Waals surface area contributed by atoms with Crippen molar-refractivity contribution in [1.29, 1.82) is 0 Å². The SMILES string of the molecule is CC1C2CCC(CC2)C1Cc1nc(-c2[nH]nc3ncc(F)cc23)nc(-c2ccc(C3CC3)o2)c1F. The number of hydrogen-bond donors (Lipinski definition) is 1. The van der Waals surface area contributed by atoms with Crippen LogP contribution in [0.2, 0.25) is 0 Å². The lowest BCUT2D eigenvalue weighted by Gasteiger charge is -2.47. The van der Waals surface area contributed by atoms with Gasteiger partial charge in [0, 0.05) is 5.92 Å². The van der Waals surface area contributed by atoms with Crippen LogP contribution >= 0.6 is 0 Å². The second-order valence-corrected chi connectivity index (χ2v) is 10.7. The van der Waals surface area contributed by atoms with E-state index < -0.39 is 11.6 Å². The Labute approximate surface area is 201 Å². The van der Waals surface area contributed by atoms with Crippen LogP contribution in [0.25, 0.3) is 34.0 Å². The van der Waals surface area contributed by atoms with Gasteiger partial charge in [-0.15, -0.1) is 0 Å². The average Bonchev–Trinajstić information content (AvgIpc) is 3.45. The Morgan fingerprint density at radius 1 is 1.03 bits per heavy atom. The van der Waals surface area contributed by atoms with Crippen molar-refractivity contribution in [2.45, 2.75) is 57.8 Å². The predicted octanol–water partition coefficient (Wildman–Crippen LogP) is 6.45. The van der Waals surface area contributed by atoms with Crippen molar-refractivity contribution in [2.24, 2.45) is 23.7 Å². The third-order valence-corrected chi connectivity index (χ3v) is 8.63. The molecule has 4 aromatic heterocycles. The first-order valence-corrected chi connectivity index (χ1v) is 12.7. The van der Waals surface area contributed by atoms with E-state index >= 15 is 4.39 Å². The second kappa shape index (κ2) is 7.93. The van der Waals surface area contributed by atoms with Gasteiger partial charge in [0.25, 0.3) is 0 Å². The van der Waals surface area contributed by atoms with Gasteiger partial charge in [0.15, 0.2) is 23.0 Å². The lowest BCUT2D eigenvalue weighted by Crippen LogP contribution is -2.39. The number of aromatic nitrogens is 5. The molecule has 0 aliphatic heterocycles. The molecular formula is C27H27F2N5O. The third-order valence-electron chi connectivity index (χ3n) is 8.63. The number of nitrogens with zero attached hydrogens (tertiary/aromatic N) is 4. The van der Waals surface area contributed by atoms with Gasteiger partial charge in [0.2, 0.25) is 0 Å². The Morgan fingerprint density at radius 3 is 2.60 bits per heavy atom. The van der Waals surface area contributed by atoms with E-state index in [-0.39, 0.29) is 11.5 Å². The van der Waals surface area contributed by atoms with Crippen LogP contribution in [0.4, 0.5) is 8.78 Å². The zero-order valence-corrected chi connectivity index (χ0v) is 19.6. The van der Waals surface area contributed by atoms with E-state index in [1.165, 1.54) is 31.7 Å². The predicted molar refractivity (Wildman–Crippen MR) is 126 cm³/mol. The largest absolute Gasteiger partial charge is 0.459 e. The number of furan rings is 1. The number of H-pyrrole nitrogens is 1. The molecule has 0 saturated heterocycles. The van der Waals surface area contributed by atoms with Crippen LogP contribution in [-0.2, 0) is 6.42 Å². The molecule has 1 N–H and O–H groups in total. The normalized spacial score (nSPS) is 26.0. The van der Waals surface area contributed by atoms with E-state index in [1.807, 2.05) is 6.07 Å². The lowest BCUT2D eigenvalue weighted by atomic mass is 9.58. The van der Waals surface area contributed by atoms with Crippen molar-refractivity contribution in [1.82, 2.24) is 25.1 Å². The second-order valence-electron chi connectivity index (χ2n) is 10.7. The van der Waals surface area contributed by atoms with E-state index in [4.69, 9.17) is 9.40 Å². The summed E-state index contributed by atoms with van der Waals surface area (Å²) in [6, 6.07) is 5.07. The molecule has 2 unspecified atom stereocenters. The number of pyridine rings is 1. The van der Waals surface area contributed by atoms with Gasteiger partial charge in [0.05, 0.1) is 17.3 Å². The molecule has 4 aliphatic carbocycles. The topological polar surface area (TPSA) is 80.5 Å². The minimum atomic E-state index is -0.477. The van der Waals surface area contributed by atoms with Gasteiger partial charge in [0.1, 0.15) is 23.0 Å². The molecule has 4 aromatic rings. The number of halogens is 2. The van der Waals surface area contributed by atoms with Crippen molar-refractivity contribution in [3.05, 3.63) is 47.5 Å². The first kappa shape index (κ1) is 21.1. The highest BCUT2D eigenvalue weighted by molar-refractivity contribution is 5.88. The molecule has 8 heteroatoms. The Bertz CT molecular complexity index is 1410. The van der Waals surface area contributed by atoms with E-state index in [0.717, 1.165) is 24.8 Å². The average molecular weight is 476 g/mol. The first-order chi connectivity index (χ1) is 17.0. The Balaban J connectivity index is 1.36. The van der Waals surface area contributed by atoms with Crippen molar-refractivity contribution >= 4 is 11.0 Å². The maximum Gasteiger partial charge on any atom is 0.181 e. The summed E-state index contributed by atoms with van der Waals surface area (Å²) >= 11 is 0. The Kier molecular flexibility index (Phi) is 4.79. The molecule has 180 valence electrons. The summed E-state index contributed by atoms with van der Waals surface area (Å²) in [5, 5.41) is 7.55. The summed E-state index contributed by atoms with van der Waals surface area (Å²) in [4.78, 5) is 13.3. The fourth-order valence-corrected chi connectivity index (χ4v) is 6.47. The zero-order chi connectivity index (χ0) is 23.7. The summed E-state index contributed by atoms with van der Waals surface area (Å²) in [5.41, 5.74) is 1.34. The van der Waals surface area contributed by atoms with Gasteiger partial charge >= 0.3 is 0 Å². The fraction of sp³-hybridized carbons (Fsp3) is 0.481. The molecule has 2 atom stereocenters. The summed E-state index contributed by atoms with van der Waals surface area (Å²) < 4.78 is 36.1. The van der Waals surface area contributed by atoms with Crippen molar-refractivity contribution < 1.29 is 13.2 Å². The summed E-state index contributed by atoms with van der Waals surface area (Å²) in [7, 11) is 0. The minimum absolute atomic E-state index is 0.151.